The van der Waals surface area contributed by atoms with Crippen molar-refractivity contribution in [2.45, 2.75) is 16.2 Å². The van der Waals surface area contributed by atoms with E-state index < -0.39 is 10.0 Å². The van der Waals surface area contributed by atoms with E-state index in [-0.39, 0.29) is 10.8 Å². The summed E-state index contributed by atoms with van der Waals surface area (Å²) >= 11 is 2.76. The summed E-state index contributed by atoms with van der Waals surface area (Å²) in [5.41, 5.74) is 1.82. The van der Waals surface area contributed by atoms with Crippen LogP contribution in [0.2, 0.25) is 0 Å². The van der Waals surface area contributed by atoms with Gasteiger partial charge in [0.15, 0.2) is 4.34 Å². The highest BCUT2D eigenvalue weighted by atomic mass is 32.2. The maximum absolute atomic E-state index is 12.8. The van der Waals surface area contributed by atoms with Crippen LogP contribution in [0.4, 0.5) is 10.8 Å². The van der Waals surface area contributed by atoms with Gasteiger partial charge in [0.05, 0.1) is 10.6 Å². The molecule has 156 valence electrons. The van der Waals surface area contributed by atoms with Crippen LogP contribution < -0.4 is 9.62 Å². The number of nitrogens with one attached hydrogen (secondary N) is 1. The molecule has 3 rings (SSSR count). The van der Waals surface area contributed by atoms with Gasteiger partial charge in [0.1, 0.15) is 0 Å². The van der Waals surface area contributed by atoms with E-state index >= 15 is 0 Å². The van der Waals surface area contributed by atoms with E-state index in [0.29, 0.717) is 22.1 Å². The molecule has 0 radical (unpaired) electrons. The van der Waals surface area contributed by atoms with E-state index in [0.717, 1.165) is 9.90 Å². The van der Waals surface area contributed by atoms with Crippen LogP contribution in [0, 0.1) is 6.92 Å². The molecule has 0 aliphatic heterocycles. The number of aromatic nitrogens is 2. The number of hydrogen-bond acceptors (Lipinski definition) is 7. The van der Waals surface area contributed by atoms with E-state index in [1.165, 1.54) is 34.5 Å². The Hall–Kier alpha value is -2.69. The first-order chi connectivity index (χ1) is 14.3. The molecule has 0 saturated carbocycles. The zero-order valence-corrected chi connectivity index (χ0v) is 18.9. The van der Waals surface area contributed by atoms with E-state index in [9.17, 15) is 13.2 Å². The van der Waals surface area contributed by atoms with Crippen LogP contribution in [-0.4, -0.2) is 37.3 Å². The second-order valence-electron chi connectivity index (χ2n) is 6.26. The van der Waals surface area contributed by atoms with E-state index in [1.807, 2.05) is 6.92 Å². The number of nitrogens with zero attached hydrogens (tertiary/aromatic N) is 3. The summed E-state index contributed by atoms with van der Waals surface area (Å²) in [6.07, 6.45) is 1.77. The van der Waals surface area contributed by atoms with Gasteiger partial charge in [0, 0.05) is 18.4 Å². The number of carbonyl (C=O) groups is 1. The van der Waals surface area contributed by atoms with Crippen LogP contribution in [0.3, 0.4) is 0 Å². The number of benzene rings is 2. The lowest BCUT2D eigenvalue weighted by molar-refractivity contribution is 0.102. The van der Waals surface area contributed by atoms with Crippen molar-refractivity contribution in [1.82, 2.24) is 10.2 Å². The molecule has 0 aliphatic rings. The Bertz CT molecular complexity index is 1140. The molecule has 7 nitrogen and oxygen atoms in total. The summed E-state index contributed by atoms with van der Waals surface area (Å²) in [6.45, 7) is 5.55. The third-order valence-electron chi connectivity index (χ3n) is 4.12. The molecule has 1 N–H and O–H groups in total. The summed E-state index contributed by atoms with van der Waals surface area (Å²) < 4.78 is 27.5. The molecule has 10 heteroatoms. The molecular weight excluding hydrogens is 440 g/mol. The fourth-order valence-corrected chi connectivity index (χ4v) is 5.15. The highest BCUT2D eigenvalue weighted by molar-refractivity contribution is 8.01. The van der Waals surface area contributed by atoms with Crippen molar-refractivity contribution >= 4 is 49.8 Å². The molecule has 0 atom stereocenters. The van der Waals surface area contributed by atoms with Crippen molar-refractivity contribution in [2.75, 3.05) is 22.4 Å². The van der Waals surface area contributed by atoms with Crippen LogP contribution in [0.25, 0.3) is 0 Å². The molecule has 0 bridgehead atoms. The predicted octanol–water partition coefficient (Wildman–Crippen LogP) is 4.20. The van der Waals surface area contributed by atoms with Crippen molar-refractivity contribution in [3.63, 3.8) is 0 Å². The number of carbonyl (C=O) groups excluding carboxylic acids is 1. The third-order valence-corrected chi connectivity index (χ3v) is 7.89. The van der Waals surface area contributed by atoms with Crippen LogP contribution >= 0.6 is 23.1 Å². The predicted molar refractivity (Wildman–Crippen MR) is 122 cm³/mol. The van der Waals surface area contributed by atoms with Gasteiger partial charge < -0.3 is 0 Å². The van der Waals surface area contributed by atoms with E-state index in [4.69, 9.17) is 0 Å². The number of hydrogen-bond donors (Lipinski definition) is 1. The highest BCUT2D eigenvalue weighted by Crippen LogP contribution is 2.26. The normalized spacial score (nSPS) is 11.1. The number of rotatable bonds is 8. The second-order valence-corrected chi connectivity index (χ2v) is 10.5. The Morgan fingerprint density at radius 2 is 1.83 bits per heavy atom. The molecule has 1 amide bonds. The Morgan fingerprint density at radius 3 is 2.47 bits per heavy atom. The molecule has 0 unspecified atom stereocenters. The van der Waals surface area contributed by atoms with Crippen molar-refractivity contribution in [1.29, 1.82) is 0 Å². The topological polar surface area (TPSA) is 92.3 Å². The largest absolute Gasteiger partial charge is 0.296 e. The second kappa shape index (κ2) is 9.41. The lowest BCUT2D eigenvalue weighted by atomic mass is 10.2. The summed E-state index contributed by atoms with van der Waals surface area (Å²) in [7, 11) is -2.21. The summed E-state index contributed by atoms with van der Waals surface area (Å²) in [5.74, 6) is 0.366. The van der Waals surface area contributed by atoms with Crippen LogP contribution in [-0.2, 0) is 10.0 Å². The Balaban J connectivity index is 1.70. The molecule has 0 saturated heterocycles. The van der Waals surface area contributed by atoms with Crippen molar-refractivity contribution in [2.24, 2.45) is 0 Å². The van der Waals surface area contributed by atoms with E-state index in [1.54, 1.807) is 54.6 Å². The Morgan fingerprint density at radius 1 is 1.17 bits per heavy atom. The molecule has 0 aliphatic carbocycles. The van der Waals surface area contributed by atoms with Gasteiger partial charge in [0.2, 0.25) is 5.13 Å². The first-order valence-electron chi connectivity index (χ1n) is 8.85. The van der Waals surface area contributed by atoms with Crippen molar-refractivity contribution < 1.29 is 13.2 Å². The molecule has 0 spiro atoms. The maximum atomic E-state index is 12.8. The van der Waals surface area contributed by atoms with Gasteiger partial charge in [-0.1, -0.05) is 46.9 Å². The maximum Gasteiger partial charge on any atom is 0.264 e. The fraction of sp³-hybridized carbons (Fsp3) is 0.150. The summed E-state index contributed by atoms with van der Waals surface area (Å²) in [4.78, 5) is 12.6. The Kier molecular flexibility index (Phi) is 6.91. The SMILES string of the molecule is C=CCSc1nnc(NC(=O)c2ccc(N(C)S(=O)(=O)c3ccc(C)cc3)cc2)s1. The monoisotopic (exact) mass is 460 g/mol. The standard InChI is InChI=1S/C20H20N4O3S3/c1-4-13-28-20-23-22-19(29-20)21-18(25)15-7-9-16(10-8-15)24(3)30(26,27)17-11-5-14(2)6-12-17/h4-12H,1,13H2,2-3H3,(H,21,22,25). The lowest BCUT2D eigenvalue weighted by Crippen LogP contribution is -2.26. The molecule has 1 aromatic heterocycles. The minimum Gasteiger partial charge on any atom is -0.296 e. The Labute approximate surface area is 183 Å². The third kappa shape index (κ3) is 5.07. The zero-order chi connectivity index (χ0) is 21.7. The first kappa shape index (κ1) is 22.0. The number of anilines is 2. The quantitative estimate of drug-likeness (QED) is 0.308. The first-order valence-corrected chi connectivity index (χ1v) is 12.1. The number of thioether (sulfide) groups is 1. The van der Waals surface area contributed by atoms with Crippen LogP contribution in [0.15, 0.2) is 70.4 Å². The van der Waals surface area contributed by atoms with Gasteiger partial charge in [0.25, 0.3) is 15.9 Å². The molecule has 1 heterocycles. The minimum atomic E-state index is -3.69. The van der Waals surface area contributed by atoms with E-state index in [2.05, 4.69) is 22.1 Å². The minimum absolute atomic E-state index is 0.207. The zero-order valence-electron chi connectivity index (χ0n) is 16.4. The summed E-state index contributed by atoms with van der Waals surface area (Å²) in [6, 6.07) is 13.0. The molecule has 0 fully saturated rings. The van der Waals surface area contributed by atoms with Crippen molar-refractivity contribution in [3.8, 4) is 0 Å². The van der Waals surface area contributed by atoms with Gasteiger partial charge in [-0.05, 0) is 43.3 Å². The molecular formula is C20H20N4O3S3. The lowest BCUT2D eigenvalue weighted by Gasteiger charge is -2.19. The van der Waals surface area contributed by atoms with Gasteiger partial charge >= 0.3 is 0 Å². The number of amides is 1. The summed E-state index contributed by atoms with van der Waals surface area (Å²) in [5, 5.41) is 11.0. The van der Waals surface area contributed by atoms with Crippen LogP contribution in [0.1, 0.15) is 15.9 Å². The smallest absolute Gasteiger partial charge is 0.264 e. The highest BCUT2D eigenvalue weighted by Gasteiger charge is 2.21. The van der Waals surface area contributed by atoms with Gasteiger partial charge in [-0.25, -0.2) is 8.42 Å². The molecule has 2 aromatic carbocycles. The number of sulfonamides is 1. The van der Waals surface area contributed by atoms with Crippen molar-refractivity contribution in [3.05, 3.63) is 72.3 Å². The van der Waals surface area contributed by atoms with Gasteiger partial charge in [-0.15, -0.1) is 16.8 Å². The average molecular weight is 461 g/mol. The van der Waals surface area contributed by atoms with Crippen LogP contribution in [0.5, 0.6) is 0 Å². The molecule has 3 aromatic rings. The fourth-order valence-electron chi connectivity index (χ4n) is 2.45. The molecule has 30 heavy (non-hydrogen) atoms. The van der Waals surface area contributed by atoms with Gasteiger partial charge in [-0.3, -0.25) is 14.4 Å². The average Bonchev–Trinajstić information content (AvgIpc) is 3.19. The van der Waals surface area contributed by atoms with Gasteiger partial charge in [-0.2, -0.15) is 0 Å². The number of aryl methyl sites for hydroxylation is 1.